The Morgan fingerprint density at radius 2 is 1.79 bits per heavy atom. The van der Waals surface area contributed by atoms with Crippen LogP contribution in [0.25, 0.3) is 6.08 Å². The van der Waals surface area contributed by atoms with Gasteiger partial charge in [-0.15, -0.1) is 0 Å². The molecule has 0 aromatic heterocycles. The van der Waals surface area contributed by atoms with Crippen molar-refractivity contribution < 1.29 is 27.0 Å². The molecule has 1 aliphatic rings. The van der Waals surface area contributed by atoms with E-state index in [0.717, 1.165) is 11.6 Å². The second-order valence-electron chi connectivity index (χ2n) is 5.58. The molecule has 0 saturated carbocycles. The van der Waals surface area contributed by atoms with E-state index in [4.69, 9.17) is 9.47 Å². The first-order valence-electron chi connectivity index (χ1n) is 7.25. The van der Waals surface area contributed by atoms with Crippen molar-refractivity contribution in [2.45, 2.75) is 26.1 Å². The number of halogens is 4. The van der Waals surface area contributed by atoms with Crippen LogP contribution in [0.3, 0.4) is 0 Å². The smallest absolute Gasteiger partial charge is 0.429 e. The minimum atomic E-state index is -4.50. The average Bonchev–Trinajstić information content (AvgIpc) is 2.52. The van der Waals surface area contributed by atoms with Crippen LogP contribution in [0.1, 0.15) is 16.7 Å². The zero-order valence-corrected chi connectivity index (χ0v) is 12.9. The molecule has 0 radical (unpaired) electrons. The number of fused-ring (bicyclic) bond motifs is 1. The van der Waals surface area contributed by atoms with Gasteiger partial charge in [0.2, 0.25) is 6.10 Å². The quantitative estimate of drug-likeness (QED) is 0.666. The summed E-state index contributed by atoms with van der Waals surface area (Å²) in [6.45, 7) is 3.36. The molecular formula is C18H14F4O2. The Hall–Kier alpha value is -2.50. The highest BCUT2D eigenvalue weighted by atomic mass is 19.4. The van der Waals surface area contributed by atoms with Crippen LogP contribution in [0.2, 0.25) is 0 Å². The van der Waals surface area contributed by atoms with Crippen LogP contribution in [0.4, 0.5) is 17.6 Å². The van der Waals surface area contributed by atoms with Gasteiger partial charge in [-0.3, -0.25) is 0 Å². The van der Waals surface area contributed by atoms with Gasteiger partial charge in [0.05, 0.1) is 0 Å². The Morgan fingerprint density at radius 1 is 1.04 bits per heavy atom. The van der Waals surface area contributed by atoms with Gasteiger partial charge < -0.3 is 9.47 Å². The van der Waals surface area contributed by atoms with Gasteiger partial charge >= 0.3 is 6.18 Å². The number of hydrogen-bond donors (Lipinski definition) is 0. The highest BCUT2D eigenvalue weighted by molar-refractivity contribution is 5.65. The van der Waals surface area contributed by atoms with E-state index in [1.54, 1.807) is 32.0 Å². The van der Waals surface area contributed by atoms with Crippen LogP contribution in [-0.4, -0.2) is 12.3 Å². The summed E-state index contributed by atoms with van der Waals surface area (Å²) < 4.78 is 63.0. The molecule has 1 aliphatic heterocycles. The van der Waals surface area contributed by atoms with E-state index < -0.39 is 18.1 Å². The fourth-order valence-corrected chi connectivity index (χ4v) is 2.43. The SMILES string of the molecule is Cc1ccc(F)c(Oc2ccc3c(c2C)OC(C(F)(F)F)C=C3)c1. The average molecular weight is 338 g/mol. The van der Waals surface area contributed by atoms with Gasteiger partial charge in [0.15, 0.2) is 11.6 Å². The Bertz CT molecular complexity index is 809. The van der Waals surface area contributed by atoms with Gasteiger partial charge in [0, 0.05) is 11.1 Å². The molecule has 1 heterocycles. The topological polar surface area (TPSA) is 18.5 Å². The lowest BCUT2D eigenvalue weighted by molar-refractivity contribution is -0.180. The van der Waals surface area contributed by atoms with Crippen LogP contribution in [0.5, 0.6) is 17.2 Å². The molecule has 1 unspecified atom stereocenters. The van der Waals surface area contributed by atoms with E-state index in [0.29, 0.717) is 11.1 Å². The third-order valence-electron chi connectivity index (χ3n) is 3.71. The zero-order valence-electron chi connectivity index (χ0n) is 12.9. The van der Waals surface area contributed by atoms with Gasteiger partial charge in [0.1, 0.15) is 11.5 Å². The molecule has 0 N–H and O–H groups in total. The molecule has 0 amide bonds. The molecule has 126 valence electrons. The molecule has 3 rings (SSSR count). The number of rotatable bonds is 2. The van der Waals surface area contributed by atoms with Crippen molar-refractivity contribution in [1.82, 2.24) is 0 Å². The lowest BCUT2D eigenvalue weighted by Crippen LogP contribution is -2.34. The first-order valence-corrected chi connectivity index (χ1v) is 7.25. The molecule has 6 heteroatoms. The first kappa shape index (κ1) is 16.4. The van der Waals surface area contributed by atoms with Crippen molar-refractivity contribution >= 4 is 6.08 Å². The van der Waals surface area contributed by atoms with Crippen molar-refractivity contribution in [2.24, 2.45) is 0 Å². The van der Waals surface area contributed by atoms with Gasteiger partial charge in [-0.05, 0) is 49.8 Å². The Kier molecular flexibility index (Phi) is 3.99. The van der Waals surface area contributed by atoms with Crippen molar-refractivity contribution in [1.29, 1.82) is 0 Å². The summed E-state index contributed by atoms with van der Waals surface area (Å²) in [5.41, 5.74) is 1.70. The normalized spacial score (nSPS) is 16.5. The maximum Gasteiger partial charge on any atom is 0.429 e. The van der Waals surface area contributed by atoms with E-state index in [1.807, 2.05) is 0 Å². The van der Waals surface area contributed by atoms with E-state index in [2.05, 4.69) is 0 Å². The first-order chi connectivity index (χ1) is 11.3. The second kappa shape index (κ2) is 5.85. The fraction of sp³-hybridized carbons (Fsp3) is 0.222. The number of aryl methyl sites for hydroxylation is 1. The predicted molar refractivity (Wildman–Crippen MR) is 81.9 cm³/mol. The lowest BCUT2D eigenvalue weighted by Gasteiger charge is -2.25. The fourth-order valence-electron chi connectivity index (χ4n) is 2.43. The maximum atomic E-state index is 13.8. The van der Waals surface area contributed by atoms with Crippen molar-refractivity contribution in [3.8, 4) is 17.2 Å². The van der Waals surface area contributed by atoms with Crippen LogP contribution in [0.15, 0.2) is 36.4 Å². The maximum absolute atomic E-state index is 13.8. The Balaban J connectivity index is 1.96. The number of benzene rings is 2. The summed E-state index contributed by atoms with van der Waals surface area (Å²) in [7, 11) is 0. The van der Waals surface area contributed by atoms with Gasteiger partial charge in [-0.1, -0.05) is 12.1 Å². The summed E-state index contributed by atoms with van der Waals surface area (Å²) in [6.07, 6.45) is -4.18. The third-order valence-corrected chi connectivity index (χ3v) is 3.71. The summed E-state index contributed by atoms with van der Waals surface area (Å²) >= 11 is 0. The summed E-state index contributed by atoms with van der Waals surface area (Å²) in [6, 6.07) is 7.56. The molecule has 1 atom stereocenters. The molecule has 0 fully saturated rings. The number of ether oxygens (including phenoxy) is 2. The minimum absolute atomic E-state index is 0.0109. The lowest BCUT2D eigenvalue weighted by atomic mass is 10.0. The van der Waals surface area contributed by atoms with Crippen molar-refractivity contribution in [2.75, 3.05) is 0 Å². The monoisotopic (exact) mass is 338 g/mol. The minimum Gasteiger partial charge on any atom is -0.476 e. The highest BCUT2D eigenvalue weighted by Crippen LogP contribution is 2.40. The van der Waals surface area contributed by atoms with Gasteiger partial charge in [-0.25, -0.2) is 4.39 Å². The molecule has 0 saturated heterocycles. The molecule has 2 nitrogen and oxygen atoms in total. The molecule has 0 spiro atoms. The van der Waals surface area contributed by atoms with E-state index in [-0.39, 0.29) is 17.2 Å². The summed E-state index contributed by atoms with van der Waals surface area (Å²) in [5, 5.41) is 0. The van der Waals surface area contributed by atoms with E-state index >= 15 is 0 Å². The summed E-state index contributed by atoms with van der Waals surface area (Å²) in [4.78, 5) is 0. The Morgan fingerprint density at radius 3 is 2.50 bits per heavy atom. The number of hydrogen-bond acceptors (Lipinski definition) is 2. The van der Waals surface area contributed by atoms with Crippen LogP contribution in [-0.2, 0) is 0 Å². The van der Waals surface area contributed by atoms with Gasteiger partial charge in [0.25, 0.3) is 0 Å². The second-order valence-corrected chi connectivity index (χ2v) is 5.58. The molecule has 2 aromatic carbocycles. The molecule has 2 aromatic rings. The largest absolute Gasteiger partial charge is 0.476 e. The molecule has 0 aliphatic carbocycles. The van der Waals surface area contributed by atoms with E-state index in [1.165, 1.54) is 18.2 Å². The van der Waals surface area contributed by atoms with Crippen molar-refractivity contribution in [3.05, 3.63) is 58.9 Å². The Labute approximate surface area is 136 Å². The van der Waals surface area contributed by atoms with Crippen molar-refractivity contribution in [3.63, 3.8) is 0 Å². The van der Waals surface area contributed by atoms with Crippen LogP contribution < -0.4 is 9.47 Å². The molecule has 24 heavy (non-hydrogen) atoms. The number of alkyl halides is 3. The van der Waals surface area contributed by atoms with Gasteiger partial charge in [-0.2, -0.15) is 13.2 Å². The molecule has 0 bridgehead atoms. The predicted octanol–water partition coefficient (Wildman–Crippen LogP) is 5.57. The zero-order chi connectivity index (χ0) is 17.5. The van der Waals surface area contributed by atoms with Crippen LogP contribution in [0, 0.1) is 19.7 Å². The van der Waals surface area contributed by atoms with E-state index in [9.17, 15) is 17.6 Å². The summed E-state index contributed by atoms with van der Waals surface area (Å²) in [5.74, 6) is -0.205. The molecular weight excluding hydrogens is 324 g/mol. The highest BCUT2D eigenvalue weighted by Gasteiger charge is 2.41. The standard InChI is InChI=1S/C18H14F4O2/c1-10-3-6-13(19)15(9-10)23-14-7-4-12-5-8-16(18(20,21)22)24-17(12)11(14)2/h3-9,16H,1-2H3. The third kappa shape index (κ3) is 3.09. The van der Waals surface area contributed by atoms with Crippen LogP contribution >= 0.6 is 0 Å².